The SMILES string of the molecule is CC(=O)Nc1cc(NC(=O)c2ccc(N)cc2)ccc1S(N)(=O)=O. The molecule has 0 fully saturated rings. The molecule has 0 atom stereocenters. The van der Waals surface area contributed by atoms with Gasteiger partial charge in [0, 0.05) is 23.9 Å². The predicted octanol–water partition coefficient (Wildman–Crippen LogP) is 1.13. The number of primary sulfonamides is 1. The van der Waals surface area contributed by atoms with Crippen LogP contribution < -0.4 is 21.5 Å². The summed E-state index contributed by atoms with van der Waals surface area (Å²) in [6.45, 7) is 1.23. The van der Waals surface area contributed by atoms with Gasteiger partial charge in [-0.2, -0.15) is 0 Å². The fraction of sp³-hybridized carbons (Fsp3) is 0.0667. The van der Waals surface area contributed by atoms with Gasteiger partial charge in [0.25, 0.3) is 5.91 Å². The molecule has 2 rings (SSSR count). The third-order valence-corrected chi connectivity index (χ3v) is 4.00. The van der Waals surface area contributed by atoms with Gasteiger partial charge in [0.15, 0.2) is 0 Å². The van der Waals surface area contributed by atoms with Gasteiger partial charge in [-0.3, -0.25) is 9.59 Å². The van der Waals surface area contributed by atoms with Crippen molar-refractivity contribution in [1.82, 2.24) is 0 Å². The molecule has 0 radical (unpaired) electrons. The lowest BCUT2D eigenvalue weighted by atomic mass is 10.2. The molecule has 0 unspecified atom stereocenters. The third kappa shape index (κ3) is 4.31. The van der Waals surface area contributed by atoms with E-state index < -0.39 is 21.8 Å². The first-order chi connectivity index (χ1) is 11.2. The van der Waals surface area contributed by atoms with E-state index in [2.05, 4.69) is 10.6 Å². The topological polar surface area (TPSA) is 144 Å². The minimum absolute atomic E-state index is 0.0138. The molecule has 0 bridgehead atoms. The van der Waals surface area contributed by atoms with Gasteiger partial charge in [-0.1, -0.05) is 0 Å². The van der Waals surface area contributed by atoms with E-state index >= 15 is 0 Å². The monoisotopic (exact) mass is 348 g/mol. The summed E-state index contributed by atoms with van der Waals surface area (Å²) in [5.41, 5.74) is 6.75. The number of carbonyl (C=O) groups excluding carboxylic acids is 2. The van der Waals surface area contributed by atoms with Gasteiger partial charge in [0.2, 0.25) is 15.9 Å². The molecule has 0 saturated heterocycles. The van der Waals surface area contributed by atoms with E-state index in [0.717, 1.165) is 0 Å². The zero-order valence-corrected chi connectivity index (χ0v) is 13.6. The summed E-state index contributed by atoms with van der Waals surface area (Å²) >= 11 is 0. The summed E-state index contributed by atoms with van der Waals surface area (Å²) in [5, 5.41) is 10.1. The number of nitrogens with one attached hydrogen (secondary N) is 2. The fourth-order valence-corrected chi connectivity index (χ4v) is 2.66. The van der Waals surface area contributed by atoms with E-state index in [4.69, 9.17) is 10.9 Å². The number of hydrogen-bond acceptors (Lipinski definition) is 5. The van der Waals surface area contributed by atoms with Crippen LogP contribution >= 0.6 is 0 Å². The lowest BCUT2D eigenvalue weighted by Crippen LogP contribution is -2.18. The van der Waals surface area contributed by atoms with Crippen LogP contribution in [0.2, 0.25) is 0 Å². The van der Waals surface area contributed by atoms with E-state index in [-0.39, 0.29) is 10.6 Å². The Morgan fingerprint density at radius 2 is 1.62 bits per heavy atom. The number of anilines is 3. The van der Waals surface area contributed by atoms with Crippen molar-refractivity contribution in [2.75, 3.05) is 16.4 Å². The molecular formula is C15H16N4O4S. The molecule has 0 aliphatic rings. The first kappa shape index (κ1) is 17.4. The zero-order chi connectivity index (χ0) is 17.9. The molecule has 0 aliphatic heterocycles. The number of rotatable bonds is 4. The maximum absolute atomic E-state index is 12.2. The Morgan fingerprint density at radius 3 is 2.17 bits per heavy atom. The summed E-state index contributed by atoms with van der Waals surface area (Å²) in [4.78, 5) is 23.1. The number of nitrogen functional groups attached to an aromatic ring is 1. The maximum Gasteiger partial charge on any atom is 0.255 e. The molecule has 0 saturated carbocycles. The molecule has 0 aromatic heterocycles. The van der Waals surface area contributed by atoms with Crippen LogP contribution in [0.25, 0.3) is 0 Å². The molecule has 0 heterocycles. The summed E-state index contributed by atoms with van der Waals surface area (Å²) < 4.78 is 23.1. The van der Waals surface area contributed by atoms with Gasteiger partial charge in [0.05, 0.1) is 5.69 Å². The number of benzene rings is 2. The Morgan fingerprint density at radius 1 is 1.00 bits per heavy atom. The summed E-state index contributed by atoms with van der Waals surface area (Å²) in [6.07, 6.45) is 0. The van der Waals surface area contributed by atoms with Gasteiger partial charge in [0.1, 0.15) is 4.90 Å². The van der Waals surface area contributed by atoms with Crippen LogP contribution in [0.1, 0.15) is 17.3 Å². The quantitative estimate of drug-likeness (QED) is 0.612. The second-order valence-corrected chi connectivity index (χ2v) is 6.54. The van der Waals surface area contributed by atoms with Crippen LogP contribution in [0.3, 0.4) is 0 Å². The number of hydrogen-bond donors (Lipinski definition) is 4. The van der Waals surface area contributed by atoms with Gasteiger partial charge < -0.3 is 16.4 Å². The molecular weight excluding hydrogens is 332 g/mol. The molecule has 126 valence electrons. The van der Waals surface area contributed by atoms with Crippen molar-refractivity contribution in [2.45, 2.75) is 11.8 Å². The van der Waals surface area contributed by atoms with E-state index in [1.54, 1.807) is 24.3 Å². The lowest BCUT2D eigenvalue weighted by molar-refractivity contribution is -0.114. The third-order valence-electron chi connectivity index (χ3n) is 3.03. The average molecular weight is 348 g/mol. The van der Waals surface area contributed by atoms with Crippen LogP contribution in [-0.4, -0.2) is 20.2 Å². The highest BCUT2D eigenvalue weighted by molar-refractivity contribution is 7.89. The van der Waals surface area contributed by atoms with E-state index in [0.29, 0.717) is 16.9 Å². The number of nitrogens with two attached hydrogens (primary N) is 2. The van der Waals surface area contributed by atoms with Gasteiger partial charge in [-0.05, 0) is 42.5 Å². The van der Waals surface area contributed by atoms with Crippen molar-refractivity contribution < 1.29 is 18.0 Å². The van der Waals surface area contributed by atoms with E-state index in [1.807, 2.05) is 0 Å². The smallest absolute Gasteiger partial charge is 0.255 e. The molecule has 0 aliphatic carbocycles. The molecule has 6 N–H and O–H groups in total. The highest BCUT2D eigenvalue weighted by atomic mass is 32.2. The molecule has 2 aromatic rings. The Hall–Kier alpha value is -2.91. The molecule has 8 nitrogen and oxygen atoms in total. The Kier molecular flexibility index (Phi) is 4.86. The van der Waals surface area contributed by atoms with Gasteiger partial charge >= 0.3 is 0 Å². The summed E-state index contributed by atoms with van der Waals surface area (Å²) in [6, 6.07) is 10.2. The summed E-state index contributed by atoms with van der Waals surface area (Å²) in [7, 11) is -4.02. The van der Waals surface area contributed by atoms with Crippen LogP contribution in [0.5, 0.6) is 0 Å². The first-order valence-corrected chi connectivity index (χ1v) is 8.33. The second kappa shape index (κ2) is 6.69. The number of carbonyl (C=O) groups is 2. The number of amides is 2. The Bertz CT molecular complexity index is 892. The first-order valence-electron chi connectivity index (χ1n) is 6.78. The van der Waals surface area contributed by atoms with Crippen LogP contribution in [0.15, 0.2) is 47.4 Å². The largest absolute Gasteiger partial charge is 0.399 e. The van der Waals surface area contributed by atoms with Crippen molar-refractivity contribution in [3.05, 3.63) is 48.0 Å². The van der Waals surface area contributed by atoms with Crippen molar-refractivity contribution in [2.24, 2.45) is 5.14 Å². The van der Waals surface area contributed by atoms with Crippen molar-refractivity contribution >= 4 is 38.9 Å². The van der Waals surface area contributed by atoms with E-state index in [1.165, 1.54) is 25.1 Å². The highest BCUT2D eigenvalue weighted by Crippen LogP contribution is 2.25. The Balaban J connectivity index is 2.32. The minimum Gasteiger partial charge on any atom is -0.399 e. The summed E-state index contributed by atoms with van der Waals surface area (Å²) in [5.74, 6) is -0.881. The predicted molar refractivity (Wildman–Crippen MR) is 90.9 cm³/mol. The van der Waals surface area contributed by atoms with Gasteiger partial charge in [-0.15, -0.1) is 0 Å². The van der Waals surface area contributed by atoms with E-state index in [9.17, 15) is 18.0 Å². The normalized spacial score (nSPS) is 10.9. The minimum atomic E-state index is -4.02. The highest BCUT2D eigenvalue weighted by Gasteiger charge is 2.16. The van der Waals surface area contributed by atoms with Crippen molar-refractivity contribution in [3.8, 4) is 0 Å². The number of sulfonamides is 1. The van der Waals surface area contributed by atoms with Gasteiger partial charge in [-0.25, -0.2) is 13.6 Å². The molecule has 2 aromatic carbocycles. The Labute approximate surface area is 138 Å². The van der Waals surface area contributed by atoms with Crippen LogP contribution in [-0.2, 0) is 14.8 Å². The molecule has 9 heteroatoms. The molecule has 24 heavy (non-hydrogen) atoms. The van der Waals surface area contributed by atoms with Crippen LogP contribution in [0, 0.1) is 0 Å². The molecule has 2 amide bonds. The maximum atomic E-state index is 12.2. The van der Waals surface area contributed by atoms with Crippen molar-refractivity contribution in [3.63, 3.8) is 0 Å². The molecule has 0 spiro atoms. The lowest BCUT2D eigenvalue weighted by Gasteiger charge is -2.12. The standard InChI is InChI=1S/C15H16N4O4S/c1-9(20)18-13-8-12(6-7-14(13)24(17,22)23)19-15(21)10-2-4-11(16)5-3-10/h2-8H,16H2,1H3,(H,18,20)(H,19,21)(H2,17,22,23). The van der Waals surface area contributed by atoms with Crippen LogP contribution in [0.4, 0.5) is 17.1 Å². The zero-order valence-electron chi connectivity index (χ0n) is 12.7. The average Bonchev–Trinajstić information content (AvgIpc) is 2.46. The van der Waals surface area contributed by atoms with Crippen molar-refractivity contribution in [1.29, 1.82) is 0 Å². The fourth-order valence-electron chi connectivity index (χ4n) is 1.98. The second-order valence-electron chi connectivity index (χ2n) is 5.01.